The van der Waals surface area contributed by atoms with Gasteiger partial charge in [-0.2, -0.15) is 0 Å². The van der Waals surface area contributed by atoms with Crippen molar-refractivity contribution in [3.8, 4) is 32.7 Å². The van der Waals surface area contributed by atoms with E-state index in [1.54, 1.807) is 0 Å². The molecule has 0 spiro atoms. The molecule has 0 bridgehead atoms. The average Bonchev–Trinajstić information content (AvgIpc) is 3.67. The third-order valence-corrected chi connectivity index (χ3v) is 9.66. The molecule has 42 heavy (non-hydrogen) atoms. The van der Waals surface area contributed by atoms with Crippen molar-refractivity contribution in [3.05, 3.63) is 146 Å². The first-order chi connectivity index (χ1) is 20.8. The van der Waals surface area contributed by atoms with E-state index in [9.17, 15) is 0 Å². The van der Waals surface area contributed by atoms with Crippen LogP contribution in [0.4, 0.5) is 0 Å². The predicted octanol–water partition coefficient (Wildman–Crippen LogP) is 12.1. The van der Waals surface area contributed by atoms with Crippen LogP contribution in [0.1, 0.15) is 0 Å². The lowest BCUT2D eigenvalue weighted by Crippen LogP contribution is -1.91. The van der Waals surface area contributed by atoms with E-state index in [-0.39, 0.29) is 0 Å². The molecule has 2 heteroatoms. The molecule has 0 fully saturated rings. The van der Waals surface area contributed by atoms with E-state index in [1.807, 2.05) is 11.3 Å². The fourth-order valence-electron chi connectivity index (χ4n) is 6.65. The highest BCUT2D eigenvalue weighted by Gasteiger charge is 2.22. The second-order valence-corrected chi connectivity index (χ2v) is 11.9. The lowest BCUT2D eigenvalue weighted by Gasteiger charge is -2.18. The summed E-state index contributed by atoms with van der Waals surface area (Å²) in [5.41, 5.74) is 8.16. The Morgan fingerprint density at radius 3 is 1.57 bits per heavy atom. The topological polar surface area (TPSA) is 13.1 Å². The molecule has 0 saturated heterocycles. The van der Waals surface area contributed by atoms with Crippen molar-refractivity contribution in [2.24, 2.45) is 0 Å². The van der Waals surface area contributed by atoms with Crippen molar-refractivity contribution >= 4 is 64.9 Å². The van der Waals surface area contributed by atoms with E-state index < -0.39 is 0 Å². The van der Waals surface area contributed by atoms with Crippen molar-refractivity contribution < 1.29 is 4.42 Å². The smallest absolute Gasteiger partial charge is 0.153 e. The van der Waals surface area contributed by atoms with Crippen LogP contribution in [-0.2, 0) is 0 Å². The molecule has 0 saturated carbocycles. The van der Waals surface area contributed by atoms with Crippen LogP contribution in [0.25, 0.3) is 86.3 Å². The highest BCUT2D eigenvalue weighted by molar-refractivity contribution is 7.23. The van der Waals surface area contributed by atoms with Crippen LogP contribution in [0.2, 0.25) is 0 Å². The number of benzene rings is 7. The van der Waals surface area contributed by atoms with Crippen LogP contribution in [0, 0.1) is 0 Å². The van der Waals surface area contributed by atoms with Crippen LogP contribution >= 0.6 is 11.3 Å². The van der Waals surface area contributed by atoms with Crippen LogP contribution in [0.15, 0.2) is 150 Å². The van der Waals surface area contributed by atoms with Crippen molar-refractivity contribution in [2.75, 3.05) is 0 Å². The van der Waals surface area contributed by atoms with Gasteiger partial charge in [-0.05, 0) is 67.6 Å². The van der Waals surface area contributed by atoms with Gasteiger partial charge in [0.1, 0.15) is 5.58 Å². The second kappa shape index (κ2) is 9.17. The summed E-state index contributed by atoms with van der Waals surface area (Å²) >= 11 is 1.82. The Morgan fingerprint density at radius 1 is 0.405 bits per heavy atom. The number of hydrogen-bond acceptors (Lipinski definition) is 2. The molecular weight excluding hydrogens is 529 g/mol. The normalized spacial score (nSPS) is 11.8. The van der Waals surface area contributed by atoms with Gasteiger partial charge in [-0.25, -0.2) is 0 Å². The molecular formula is C40H24OS. The minimum Gasteiger partial charge on any atom is -0.455 e. The van der Waals surface area contributed by atoms with Crippen LogP contribution in [0.5, 0.6) is 0 Å². The van der Waals surface area contributed by atoms with Crippen LogP contribution in [-0.4, -0.2) is 0 Å². The summed E-state index contributed by atoms with van der Waals surface area (Å²) < 4.78 is 7.76. The first-order valence-corrected chi connectivity index (χ1v) is 15.1. The maximum Gasteiger partial charge on any atom is 0.153 e. The Hall–Kier alpha value is -5.18. The van der Waals surface area contributed by atoms with Gasteiger partial charge in [0, 0.05) is 21.0 Å². The van der Waals surface area contributed by atoms with E-state index in [1.165, 1.54) is 64.3 Å². The molecule has 0 N–H and O–H groups in total. The molecule has 0 radical (unpaired) electrons. The number of hydrogen-bond donors (Lipinski definition) is 0. The summed E-state index contributed by atoms with van der Waals surface area (Å²) in [7, 11) is 0. The lowest BCUT2D eigenvalue weighted by atomic mass is 9.85. The van der Waals surface area contributed by atoms with Gasteiger partial charge < -0.3 is 4.42 Å². The summed E-state index contributed by atoms with van der Waals surface area (Å²) in [4.78, 5) is 1.24. The zero-order valence-corrected chi connectivity index (χ0v) is 23.5. The molecule has 0 aliphatic carbocycles. The van der Waals surface area contributed by atoms with Crippen molar-refractivity contribution in [2.45, 2.75) is 0 Å². The molecule has 9 rings (SSSR count). The summed E-state index contributed by atoms with van der Waals surface area (Å²) in [6, 6.07) is 52.4. The summed E-state index contributed by atoms with van der Waals surface area (Å²) in [5.74, 6) is 0. The predicted molar refractivity (Wildman–Crippen MR) is 180 cm³/mol. The average molecular weight is 553 g/mol. The summed E-state index contributed by atoms with van der Waals surface area (Å²) in [6.45, 7) is 0. The van der Waals surface area contributed by atoms with E-state index in [2.05, 4.69) is 146 Å². The molecule has 1 nitrogen and oxygen atoms in total. The second-order valence-electron chi connectivity index (χ2n) is 10.8. The molecule has 9 aromatic rings. The Balaban J connectivity index is 1.48. The quantitative estimate of drug-likeness (QED) is 0.199. The van der Waals surface area contributed by atoms with E-state index in [0.29, 0.717) is 0 Å². The first kappa shape index (κ1) is 23.5. The van der Waals surface area contributed by atoms with Gasteiger partial charge in [-0.3, -0.25) is 0 Å². The molecule has 0 aliphatic heterocycles. The molecule has 0 unspecified atom stereocenters. The molecule has 0 atom stereocenters. The summed E-state index contributed by atoms with van der Waals surface area (Å²) in [6.07, 6.45) is 0. The highest BCUT2D eigenvalue weighted by atomic mass is 32.1. The number of fused-ring (bicyclic) bond motifs is 7. The molecule has 2 heterocycles. The first-order valence-electron chi connectivity index (χ1n) is 14.3. The number of thiophene rings is 1. The number of rotatable bonds is 3. The third kappa shape index (κ3) is 3.43. The Kier molecular flexibility index (Phi) is 5.13. The number of para-hydroxylation sites is 1. The lowest BCUT2D eigenvalue weighted by molar-refractivity contribution is 0.673. The molecule has 0 aliphatic rings. The van der Waals surface area contributed by atoms with Crippen molar-refractivity contribution in [1.29, 1.82) is 0 Å². The standard InChI is InChI=1S/C40H24OS/c1-3-13-25(14-4-1)36-24-34-32(23-33-27-17-11-12-22-35(27)41-39(33)40(34)42-36)38-30-20-9-7-18-28(30)37(26-15-5-2-6-16-26)29-19-8-10-21-31(29)38/h1-24H. The van der Waals surface area contributed by atoms with E-state index in [0.717, 1.165) is 21.9 Å². The van der Waals surface area contributed by atoms with E-state index in [4.69, 9.17) is 4.42 Å². The fourth-order valence-corrected chi connectivity index (χ4v) is 7.82. The maximum atomic E-state index is 6.57. The summed E-state index contributed by atoms with van der Waals surface area (Å²) in [5, 5.41) is 8.59. The van der Waals surface area contributed by atoms with E-state index >= 15 is 0 Å². The fraction of sp³-hybridized carbons (Fsp3) is 0. The SMILES string of the molecule is c1ccc(-c2cc3c(-c4c5ccccc5c(-c5ccccc5)c5ccccc45)cc4c5ccccc5oc4c3s2)cc1. The number of furan rings is 1. The zero-order valence-electron chi connectivity index (χ0n) is 22.7. The van der Waals surface area contributed by atoms with Gasteiger partial charge in [0.25, 0.3) is 0 Å². The Labute approximate surface area is 246 Å². The molecule has 2 aromatic heterocycles. The maximum absolute atomic E-state index is 6.57. The van der Waals surface area contributed by atoms with Crippen molar-refractivity contribution in [1.82, 2.24) is 0 Å². The third-order valence-electron chi connectivity index (χ3n) is 8.47. The van der Waals surface area contributed by atoms with Crippen LogP contribution in [0.3, 0.4) is 0 Å². The van der Waals surface area contributed by atoms with Crippen LogP contribution < -0.4 is 0 Å². The van der Waals surface area contributed by atoms with Gasteiger partial charge in [0.05, 0.1) is 4.70 Å². The van der Waals surface area contributed by atoms with Gasteiger partial charge >= 0.3 is 0 Å². The minimum atomic E-state index is 0.926. The molecule has 0 amide bonds. The van der Waals surface area contributed by atoms with Crippen molar-refractivity contribution in [3.63, 3.8) is 0 Å². The monoisotopic (exact) mass is 552 g/mol. The zero-order chi connectivity index (χ0) is 27.6. The van der Waals surface area contributed by atoms with Gasteiger partial charge in [-0.15, -0.1) is 11.3 Å². The minimum absolute atomic E-state index is 0.926. The van der Waals surface area contributed by atoms with Gasteiger partial charge in [0.2, 0.25) is 0 Å². The Morgan fingerprint density at radius 2 is 0.929 bits per heavy atom. The molecule has 196 valence electrons. The van der Waals surface area contributed by atoms with Gasteiger partial charge in [-0.1, -0.05) is 127 Å². The molecule has 7 aromatic carbocycles. The largest absolute Gasteiger partial charge is 0.455 e. The highest BCUT2D eigenvalue weighted by Crippen LogP contribution is 2.50. The van der Waals surface area contributed by atoms with Gasteiger partial charge in [0.15, 0.2) is 5.58 Å². The Bertz CT molecular complexity index is 2390.